The standard InChI is InChI=1S/C15H21N3O/c1-16-14(11-13-8-9-18(2)17-13)10-12-4-6-15(19-3)7-5-12/h4-9,14,16H,10-11H2,1-3H3. The number of benzene rings is 1. The highest BCUT2D eigenvalue weighted by Crippen LogP contribution is 2.13. The van der Waals surface area contributed by atoms with Crippen LogP contribution < -0.4 is 10.1 Å². The summed E-state index contributed by atoms with van der Waals surface area (Å²) in [5, 5.41) is 7.78. The first-order valence-electron chi connectivity index (χ1n) is 6.50. The van der Waals surface area contributed by atoms with Gasteiger partial charge in [0.15, 0.2) is 0 Å². The van der Waals surface area contributed by atoms with Crippen LogP contribution in [0.15, 0.2) is 36.5 Å². The van der Waals surface area contributed by atoms with E-state index in [4.69, 9.17) is 4.74 Å². The molecule has 1 aromatic heterocycles. The van der Waals surface area contributed by atoms with Gasteiger partial charge in [0.25, 0.3) is 0 Å². The van der Waals surface area contributed by atoms with Crippen molar-refractivity contribution in [2.45, 2.75) is 18.9 Å². The van der Waals surface area contributed by atoms with E-state index in [2.05, 4.69) is 28.6 Å². The number of methoxy groups -OCH3 is 1. The average Bonchev–Trinajstić information content (AvgIpc) is 2.84. The predicted octanol–water partition coefficient (Wildman–Crippen LogP) is 1.80. The largest absolute Gasteiger partial charge is 0.497 e. The van der Waals surface area contributed by atoms with Crippen LogP contribution in [0.1, 0.15) is 11.3 Å². The van der Waals surface area contributed by atoms with E-state index in [1.54, 1.807) is 7.11 Å². The van der Waals surface area contributed by atoms with E-state index in [-0.39, 0.29) is 0 Å². The maximum atomic E-state index is 5.17. The predicted molar refractivity (Wildman–Crippen MR) is 76.5 cm³/mol. The quantitative estimate of drug-likeness (QED) is 0.860. The van der Waals surface area contributed by atoms with Gasteiger partial charge in [-0.3, -0.25) is 4.68 Å². The summed E-state index contributed by atoms with van der Waals surface area (Å²) in [4.78, 5) is 0. The van der Waals surface area contributed by atoms with Crippen LogP contribution in [-0.2, 0) is 19.9 Å². The van der Waals surface area contributed by atoms with Gasteiger partial charge < -0.3 is 10.1 Å². The Labute approximate surface area is 114 Å². The molecule has 4 heteroatoms. The Morgan fingerprint density at radius 1 is 1.21 bits per heavy atom. The molecule has 0 fully saturated rings. The van der Waals surface area contributed by atoms with Gasteiger partial charge in [0.05, 0.1) is 12.8 Å². The smallest absolute Gasteiger partial charge is 0.118 e. The Morgan fingerprint density at radius 2 is 1.95 bits per heavy atom. The zero-order valence-corrected chi connectivity index (χ0v) is 11.8. The fourth-order valence-corrected chi connectivity index (χ4v) is 2.15. The van der Waals surface area contributed by atoms with Crippen molar-refractivity contribution in [3.05, 3.63) is 47.8 Å². The lowest BCUT2D eigenvalue weighted by Crippen LogP contribution is -2.30. The molecule has 0 saturated heterocycles. The van der Waals surface area contributed by atoms with E-state index in [1.165, 1.54) is 5.56 Å². The van der Waals surface area contributed by atoms with Crippen LogP contribution in [-0.4, -0.2) is 30.0 Å². The minimum atomic E-state index is 0.392. The van der Waals surface area contributed by atoms with Crippen molar-refractivity contribution in [3.63, 3.8) is 0 Å². The molecule has 1 atom stereocenters. The summed E-state index contributed by atoms with van der Waals surface area (Å²) in [5.41, 5.74) is 2.42. The van der Waals surface area contributed by atoms with Crippen molar-refractivity contribution in [2.24, 2.45) is 7.05 Å². The Morgan fingerprint density at radius 3 is 2.47 bits per heavy atom. The second kappa shape index (κ2) is 6.38. The molecule has 2 aromatic rings. The van der Waals surface area contributed by atoms with Crippen LogP contribution in [0.4, 0.5) is 0 Å². The first-order valence-corrected chi connectivity index (χ1v) is 6.50. The minimum absolute atomic E-state index is 0.392. The summed E-state index contributed by atoms with van der Waals surface area (Å²) in [6.45, 7) is 0. The van der Waals surface area contributed by atoms with Crippen LogP contribution in [0.3, 0.4) is 0 Å². The third-order valence-corrected chi connectivity index (χ3v) is 3.27. The number of hydrogen-bond donors (Lipinski definition) is 1. The third-order valence-electron chi connectivity index (χ3n) is 3.27. The number of aromatic nitrogens is 2. The highest BCUT2D eigenvalue weighted by Gasteiger charge is 2.10. The van der Waals surface area contributed by atoms with E-state index in [1.807, 2.05) is 37.1 Å². The van der Waals surface area contributed by atoms with Crippen LogP contribution in [0, 0.1) is 0 Å². The first-order chi connectivity index (χ1) is 9.21. The van der Waals surface area contributed by atoms with Crippen molar-refractivity contribution in [2.75, 3.05) is 14.2 Å². The summed E-state index contributed by atoms with van der Waals surface area (Å²) in [7, 11) is 5.63. The second-order valence-electron chi connectivity index (χ2n) is 4.72. The van der Waals surface area contributed by atoms with Crippen molar-refractivity contribution >= 4 is 0 Å². The van der Waals surface area contributed by atoms with Crippen molar-refractivity contribution < 1.29 is 4.74 Å². The molecule has 1 aromatic carbocycles. The number of aryl methyl sites for hydroxylation is 1. The Bertz CT molecular complexity index is 504. The Balaban J connectivity index is 1.97. The normalized spacial score (nSPS) is 12.4. The first kappa shape index (κ1) is 13.6. The molecular weight excluding hydrogens is 238 g/mol. The Hall–Kier alpha value is -1.81. The highest BCUT2D eigenvalue weighted by molar-refractivity contribution is 5.27. The van der Waals surface area contributed by atoms with Crippen LogP contribution >= 0.6 is 0 Å². The maximum Gasteiger partial charge on any atom is 0.118 e. The van der Waals surface area contributed by atoms with Crippen LogP contribution in [0.5, 0.6) is 5.75 Å². The number of likely N-dealkylation sites (N-methyl/N-ethyl adjacent to an activating group) is 1. The summed E-state index contributed by atoms with van der Waals surface area (Å²) in [6.07, 6.45) is 3.90. The Kier molecular flexibility index (Phi) is 4.58. The molecule has 0 saturated carbocycles. The van der Waals surface area contributed by atoms with E-state index >= 15 is 0 Å². The lowest BCUT2D eigenvalue weighted by molar-refractivity contribution is 0.414. The molecule has 1 N–H and O–H groups in total. The lowest BCUT2D eigenvalue weighted by atomic mass is 10.0. The summed E-state index contributed by atoms with van der Waals surface area (Å²) >= 11 is 0. The molecule has 0 radical (unpaired) electrons. The van der Waals surface area contributed by atoms with Crippen molar-refractivity contribution in [3.8, 4) is 5.75 Å². The molecule has 0 aliphatic heterocycles. The molecule has 0 amide bonds. The van der Waals surface area contributed by atoms with Gasteiger partial charge in [-0.2, -0.15) is 5.10 Å². The molecule has 0 aliphatic rings. The van der Waals surface area contributed by atoms with E-state index < -0.39 is 0 Å². The van der Waals surface area contributed by atoms with E-state index in [0.717, 1.165) is 24.3 Å². The van der Waals surface area contributed by atoms with Gasteiger partial charge in [0.1, 0.15) is 5.75 Å². The van der Waals surface area contributed by atoms with Gasteiger partial charge >= 0.3 is 0 Å². The minimum Gasteiger partial charge on any atom is -0.497 e. The zero-order chi connectivity index (χ0) is 13.7. The number of rotatable bonds is 6. The molecule has 0 bridgehead atoms. The zero-order valence-electron chi connectivity index (χ0n) is 11.8. The van der Waals surface area contributed by atoms with Gasteiger partial charge in [0, 0.05) is 25.7 Å². The topological polar surface area (TPSA) is 39.1 Å². The van der Waals surface area contributed by atoms with Gasteiger partial charge in [-0.25, -0.2) is 0 Å². The number of ether oxygens (including phenoxy) is 1. The molecule has 1 heterocycles. The molecule has 4 nitrogen and oxygen atoms in total. The molecule has 102 valence electrons. The molecule has 19 heavy (non-hydrogen) atoms. The lowest BCUT2D eigenvalue weighted by Gasteiger charge is -2.15. The third kappa shape index (κ3) is 3.83. The summed E-state index contributed by atoms with van der Waals surface area (Å²) in [6, 6.07) is 10.7. The number of hydrogen-bond acceptors (Lipinski definition) is 3. The van der Waals surface area contributed by atoms with Gasteiger partial charge in [0.2, 0.25) is 0 Å². The summed E-state index contributed by atoms with van der Waals surface area (Å²) < 4.78 is 7.01. The van der Waals surface area contributed by atoms with Gasteiger partial charge in [-0.05, 0) is 37.2 Å². The van der Waals surface area contributed by atoms with Crippen molar-refractivity contribution in [1.29, 1.82) is 0 Å². The van der Waals surface area contributed by atoms with Crippen LogP contribution in [0.25, 0.3) is 0 Å². The number of nitrogens with one attached hydrogen (secondary N) is 1. The van der Waals surface area contributed by atoms with Crippen molar-refractivity contribution in [1.82, 2.24) is 15.1 Å². The highest BCUT2D eigenvalue weighted by atomic mass is 16.5. The number of nitrogens with zero attached hydrogens (tertiary/aromatic N) is 2. The summed E-state index contributed by atoms with van der Waals surface area (Å²) in [5.74, 6) is 0.898. The second-order valence-corrected chi connectivity index (χ2v) is 4.72. The van der Waals surface area contributed by atoms with Gasteiger partial charge in [-0.15, -0.1) is 0 Å². The molecule has 0 spiro atoms. The maximum absolute atomic E-state index is 5.17. The fraction of sp³-hybridized carbons (Fsp3) is 0.400. The van der Waals surface area contributed by atoms with Crippen LogP contribution in [0.2, 0.25) is 0 Å². The van der Waals surface area contributed by atoms with E-state index in [0.29, 0.717) is 6.04 Å². The van der Waals surface area contributed by atoms with Gasteiger partial charge in [-0.1, -0.05) is 12.1 Å². The monoisotopic (exact) mass is 259 g/mol. The molecule has 0 aliphatic carbocycles. The SMILES string of the molecule is CNC(Cc1ccc(OC)cc1)Cc1ccn(C)n1. The average molecular weight is 259 g/mol. The molecule has 1 unspecified atom stereocenters. The fourth-order valence-electron chi connectivity index (χ4n) is 2.15. The molecule has 2 rings (SSSR count). The molecular formula is C15H21N3O. The van der Waals surface area contributed by atoms with E-state index in [9.17, 15) is 0 Å².